The monoisotopic (exact) mass is 412 g/mol. The van der Waals surface area contributed by atoms with E-state index in [9.17, 15) is 26.4 Å². The first-order chi connectivity index (χ1) is 13.3. The Bertz CT molecular complexity index is 1130. The van der Waals surface area contributed by atoms with Gasteiger partial charge in [-0.05, 0) is 30.7 Å². The molecule has 148 valence electrons. The lowest BCUT2D eigenvalue weighted by atomic mass is 10.1. The van der Waals surface area contributed by atoms with E-state index in [0.717, 1.165) is 12.1 Å². The first-order valence-electron chi connectivity index (χ1n) is 8.09. The Morgan fingerprint density at radius 1 is 1.21 bits per heavy atom. The molecule has 0 fully saturated rings. The molecule has 7 nitrogen and oxygen atoms in total. The van der Waals surface area contributed by atoms with Crippen LogP contribution in [0.15, 0.2) is 36.7 Å². The van der Waals surface area contributed by atoms with Crippen molar-refractivity contribution in [2.75, 3.05) is 22.5 Å². The van der Waals surface area contributed by atoms with E-state index in [4.69, 9.17) is 0 Å². The summed E-state index contributed by atoms with van der Waals surface area (Å²) in [5, 5.41) is 3.00. The van der Waals surface area contributed by atoms with Crippen molar-refractivity contribution in [3.8, 4) is 0 Å². The number of nitrogens with one attached hydrogen (secondary N) is 3. The second-order valence-corrected chi connectivity index (χ2v) is 7.68. The molecule has 0 saturated heterocycles. The molecule has 0 atom stereocenters. The molecule has 0 bridgehead atoms. The third-order valence-corrected chi connectivity index (χ3v) is 5.15. The summed E-state index contributed by atoms with van der Waals surface area (Å²) in [4.78, 5) is 19.3. The minimum absolute atomic E-state index is 0.199. The lowest BCUT2D eigenvalue weighted by Gasteiger charge is -2.12. The molecular weight excluding hydrogens is 397 g/mol. The number of rotatable bonds is 7. The third-order valence-electron chi connectivity index (χ3n) is 3.79. The van der Waals surface area contributed by atoms with Gasteiger partial charge < -0.3 is 10.3 Å². The molecule has 3 N–H and O–H groups in total. The van der Waals surface area contributed by atoms with Crippen molar-refractivity contribution < 1.29 is 26.4 Å². The van der Waals surface area contributed by atoms with E-state index in [0.29, 0.717) is 11.0 Å². The van der Waals surface area contributed by atoms with Gasteiger partial charge in [-0.2, -0.15) is 0 Å². The number of sulfonamides is 1. The fourth-order valence-electron chi connectivity index (χ4n) is 2.50. The highest BCUT2D eigenvalue weighted by Gasteiger charge is 2.23. The van der Waals surface area contributed by atoms with E-state index in [2.05, 4.69) is 15.3 Å². The second-order valence-electron chi connectivity index (χ2n) is 5.84. The van der Waals surface area contributed by atoms with Gasteiger partial charge in [0.05, 0.1) is 30.0 Å². The first-order valence-corrected chi connectivity index (χ1v) is 9.75. The SMILES string of the molecule is O=C(Nc1cnc2[nH]ccc2c1)c1c(F)ccc(NS(=O)(=O)CCCF)c1F. The number of amides is 1. The molecule has 0 aliphatic carbocycles. The molecule has 11 heteroatoms. The number of carbonyl (C=O) groups excluding carboxylic acids is 1. The number of halogens is 3. The molecule has 1 amide bonds. The van der Waals surface area contributed by atoms with Crippen LogP contribution in [0.3, 0.4) is 0 Å². The Balaban J connectivity index is 1.87. The number of hydrogen-bond acceptors (Lipinski definition) is 4. The van der Waals surface area contributed by atoms with Gasteiger partial charge in [0.25, 0.3) is 5.91 Å². The lowest BCUT2D eigenvalue weighted by molar-refractivity contribution is 0.101. The summed E-state index contributed by atoms with van der Waals surface area (Å²) >= 11 is 0. The number of alkyl halides is 1. The largest absolute Gasteiger partial charge is 0.346 e. The van der Waals surface area contributed by atoms with Gasteiger partial charge >= 0.3 is 0 Å². The van der Waals surface area contributed by atoms with Gasteiger partial charge in [0.1, 0.15) is 17.0 Å². The first kappa shape index (κ1) is 19.7. The zero-order valence-electron chi connectivity index (χ0n) is 14.3. The molecule has 28 heavy (non-hydrogen) atoms. The predicted molar refractivity (Wildman–Crippen MR) is 98.4 cm³/mol. The van der Waals surface area contributed by atoms with E-state index < -0.39 is 51.2 Å². The number of carbonyl (C=O) groups is 1. The molecule has 0 aliphatic heterocycles. The summed E-state index contributed by atoms with van der Waals surface area (Å²) in [5.74, 6) is -4.24. The highest BCUT2D eigenvalue weighted by atomic mass is 32.2. The summed E-state index contributed by atoms with van der Waals surface area (Å²) < 4.78 is 66.4. The highest BCUT2D eigenvalue weighted by Crippen LogP contribution is 2.24. The van der Waals surface area contributed by atoms with Gasteiger partial charge in [-0.1, -0.05) is 0 Å². The van der Waals surface area contributed by atoms with Crippen molar-refractivity contribution in [1.82, 2.24) is 9.97 Å². The molecule has 1 aromatic carbocycles. The number of H-pyrrole nitrogens is 1. The summed E-state index contributed by atoms with van der Waals surface area (Å²) in [7, 11) is -4.05. The van der Waals surface area contributed by atoms with Crippen LogP contribution in [0.2, 0.25) is 0 Å². The van der Waals surface area contributed by atoms with Gasteiger partial charge in [0, 0.05) is 11.6 Å². The van der Waals surface area contributed by atoms with E-state index >= 15 is 0 Å². The maximum absolute atomic E-state index is 14.6. The van der Waals surface area contributed by atoms with E-state index in [1.54, 1.807) is 18.3 Å². The molecule has 0 radical (unpaired) electrons. The zero-order chi connectivity index (χ0) is 20.3. The molecule has 0 aliphatic rings. The van der Waals surface area contributed by atoms with E-state index in [1.807, 2.05) is 4.72 Å². The Hall–Kier alpha value is -3.08. The van der Waals surface area contributed by atoms with Crippen LogP contribution in [0.1, 0.15) is 16.8 Å². The molecule has 2 heterocycles. The van der Waals surface area contributed by atoms with Crippen LogP contribution in [-0.4, -0.2) is 36.7 Å². The predicted octanol–water partition coefficient (Wildman–Crippen LogP) is 3.19. The van der Waals surface area contributed by atoms with Crippen LogP contribution in [0.25, 0.3) is 11.0 Å². The average molecular weight is 412 g/mol. The third kappa shape index (κ3) is 4.25. The van der Waals surface area contributed by atoms with Crippen molar-refractivity contribution in [3.63, 3.8) is 0 Å². The fourth-order valence-corrected chi connectivity index (χ4v) is 3.59. The smallest absolute Gasteiger partial charge is 0.261 e. The summed E-state index contributed by atoms with van der Waals surface area (Å²) in [6.45, 7) is -0.861. The second kappa shape index (κ2) is 7.89. The Morgan fingerprint density at radius 2 is 2.00 bits per heavy atom. The van der Waals surface area contributed by atoms with Crippen molar-refractivity contribution >= 4 is 38.3 Å². The van der Waals surface area contributed by atoms with Gasteiger partial charge in [-0.25, -0.2) is 22.2 Å². The topological polar surface area (TPSA) is 104 Å². The number of pyridine rings is 1. The molecule has 0 saturated carbocycles. The minimum atomic E-state index is -4.05. The number of aromatic amines is 1. The molecular formula is C17H15F3N4O3S. The standard InChI is InChI=1S/C17H15F3N4O3S/c18-5-1-7-28(26,27)24-13-3-2-12(19)14(15(13)20)17(25)23-11-8-10-4-6-21-16(10)22-9-11/h2-4,6,8-9,24H,1,5,7H2,(H,21,22)(H,23,25). The fraction of sp³-hybridized carbons (Fsp3) is 0.176. The van der Waals surface area contributed by atoms with Crippen LogP contribution in [0.4, 0.5) is 24.5 Å². The molecule has 0 spiro atoms. The summed E-state index contributed by atoms with van der Waals surface area (Å²) in [5.41, 5.74) is -0.797. The molecule has 2 aromatic heterocycles. The average Bonchev–Trinajstić information content (AvgIpc) is 3.10. The van der Waals surface area contributed by atoms with Crippen LogP contribution in [0, 0.1) is 11.6 Å². The summed E-state index contributed by atoms with van der Waals surface area (Å²) in [6.07, 6.45) is 2.66. The van der Waals surface area contributed by atoms with Crippen LogP contribution in [-0.2, 0) is 10.0 Å². The van der Waals surface area contributed by atoms with E-state index in [-0.39, 0.29) is 12.1 Å². The Labute approximate surface area is 158 Å². The number of nitrogens with zero attached hydrogens (tertiary/aromatic N) is 1. The van der Waals surface area contributed by atoms with Crippen LogP contribution < -0.4 is 10.0 Å². The maximum Gasteiger partial charge on any atom is 0.261 e. The number of fused-ring (bicyclic) bond motifs is 1. The lowest BCUT2D eigenvalue weighted by Crippen LogP contribution is -2.21. The molecule has 3 aromatic rings. The summed E-state index contributed by atoms with van der Waals surface area (Å²) in [6, 6.07) is 4.86. The Kier molecular flexibility index (Phi) is 5.54. The van der Waals surface area contributed by atoms with Crippen molar-refractivity contribution in [2.45, 2.75) is 6.42 Å². The highest BCUT2D eigenvalue weighted by molar-refractivity contribution is 7.92. The molecule has 3 rings (SSSR count). The van der Waals surface area contributed by atoms with Gasteiger partial charge in [-0.15, -0.1) is 0 Å². The number of hydrogen-bond donors (Lipinski definition) is 3. The maximum atomic E-state index is 14.6. The molecule has 0 unspecified atom stereocenters. The number of anilines is 2. The van der Waals surface area contributed by atoms with Crippen molar-refractivity contribution in [3.05, 3.63) is 53.9 Å². The van der Waals surface area contributed by atoms with Crippen molar-refractivity contribution in [2.24, 2.45) is 0 Å². The number of benzene rings is 1. The normalized spacial score (nSPS) is 11.5. The quantitative estimate of drug-likeness (QED) is 0.554. The van der Waals surface area contributed by atoms with Crippen molar-refractivity contribution in [1.29, 1.82) is 0 Å². The van der Waals surface area contributed by atoms with Gasteiger partial charge in [0.15, 0.2) is 5.82 Å². The van der Waals surface area contributed by atoms with Gasteiger partial charge in [-0.3, -0.25) is 13.9 Å². The number of aromatic nitrogens is 2. The van der Waals surface area contributed by atoms with Crippen LogP contribution in [0.5, 0.6) is 0 Å². The Morgan fingerprint density at radius 3 is 2.75 bits per heavy atom. The van der Waals surface area contributed by atoms with E-state index in [1.165, 1.54) is 6.20 Å². The zero-order valence-corrected chi connectivity index (χ0v) is 15.1. The minimum Gasteiger partial charge on any atom is -0.346 e. The van der Waals surface area contributed by atoms with Gasteiger partial charge in [0.2, 0.25) is 10.0 Å². The van der Waals surface area contributed by atoms with Crippen LogP contribution >= 0.6 is 0 Å².